The van der Waals surface area contributed by atoms with Crippen molar-refractivity contribution in [2.24, 2.45) is 0 Å². The lowest BCUT2D eigenvalue weighted by molar-refractivity contribution is -0.140. The minimum atomic E-state index is -1.01. The summed E-state index contributed by atoms with van der Waals surface area (Å²) in [5, 5.41) is 30.4. The molecule has 0 amide bonds. The smallest absolute Gasteiger partial charge is 0.305 e. The average molecular weight is 379 g/mol. The number of benzene rings is 1. The molecule has 0 saturated heterocycles. The van der Waals surface area contributed by atoms with E-state index in [1.54, 1.807) is 12.2 Å². The number of carbonyl (C=O) groups excluding carboxylic acids is 1. The van der Waals surface area contributed by atoms with Gasteiger partial charge in [-0.25, -0.2) is 0 Å². The molecule has 0 saturated carbocycles. The maximum Gasteiger partial charge on any atom is 0.305 e. The van der Waals surface area contributed by atoms with Gasteiger partial charge < -0.3 is 20.1 Å². The van der Waals surface area contributed by atoms with E-state index in [9.17, 15) is 20.1 Å². The number of ether oxygens (including phenoxy) is 1. The normalized spacial score (nSPS) is 14.9. The predicted octanol–water partition coefficient (Wildman–Crippen LogP) is 3.25. The Balaban J connectivity index is 2.57. The highest BCUT2D eigenvalue weighted by Crippen LogP contribution is 2.17. The van der Waals surface area contributed by atoms with Gasteiger partial charge in [0.2, 0.25) is 0 Å². The number of esters is 1. The number of aliphatic hydroxyl groups is 3. The first-order chi connectivity index (χ1) is 13.0. The van der Waals surface area contributed by atoms with Crippen LogP contribution in [0.4, 0.5) is 0 Å². The Morgan fingerprint density at radius 2 is 1.85 bits per heavy atom. The fraction of sp³-hybridized carbons (Fsp3) is 0.591. The Labute approximate surface area is 162 Å². The Bertz CT molecular complexity index is 570. The summed E-state index contributed by atoms with van der Waals surface area (Å²) in [6.45, 7) is 2.14. The lowest BCUT2D eigenvalue weighted by Crippen LogP contribution is -2.23. The molecule has 0 aliphatic carbocycles. The van der Waals surface area contributed by atoms with E-state index in [1.807, 2.05) is 24.3 Å². The molecule has 0 fully saturated rings. The molecule has 5 heteroatoms. The van der Waals surface area contributed by atoms with Gasteiger partial charge in [-0.2, -0.15) is 0 Å². The third-order valence-electron chi connectivity index (χ3n) is 4.63. The van der Waals surface area contributed by atoms with Crippen molar-refractivity contribution in [2.45, 2.75) is 76.6 Å². The quantitative estimate of drug-likeness (QED) is 0.362. The molecular weight excluding hydrogens is 344 g/mol. The van der Waals surface area contributed by atoms with E-state index in [-0.39, 0.29) is 18.5 Å². The van der Waals surface area contributed by atoms with E-state index >= 15 is 0 Å². The van der Waals surface area contributed by atoms with Crippen molar-refractivity contribution in [3.63, 3.8) is 0 Å². The summed E-state index contributed by atoms with van der Waals surface area (Å²) < 4.78 is 4.56. The lowest BCUT2D eigenvalue weighted by atomic mass is 9.97. The number of hydrogen-bond donors (Lipinski definition) is 3. The summed E-state index contributed by atoms with van der Waals surface area (Å²) in [6, 6.07) is 7.75. The van der Waals surface area contributed by atoms with Crippen LogP contribution in [-0.4, -0.2) is 46.7 Å². The van der Waals surface area contributed by atoms with E-state index in [4.69, 9.17) is 0 Å². The highest BCUT2D eigenvalue weighted by Gasteiger charge is 2.14. The highest BCUT2D eigenvalue weighted by molar-refractivity contribution is 5.69. The van der Waals surface area contributed by atoms with Crippen LogP contribution in [0.25, 0.3) is 6.08 Å². The number of carbonyl (C=O) groups is 1. The van der Waals surface area contributed by atoms with Gasteiger partial charge in [-0.3, -0.25) is 4.79 Å². The minimum absolute atomic E-state index is 0.225. The van der Waals surface area contributed by atoms with Crippen LogP contribution in [-0.2, 0) is 16.0 Å². The maximum atomic E-state index is 11.1. The van der Waals surface area contributed by atoms with E-state index in [0.717, 1.165) is 36.8 Å². The van der Waals surface area contributed by atoms with Crippen molar-refractivity contribution in [1.82, 2.24) is 0 Å². The Hall–Kier alpha value is -1.69. The molecule has 0 spiro atoms. The zero-order valence-electron chi connectivity index (χ0n) is 16.5. The molecule has 152 valence electrons. The fourth-order valence-electron chi connectivity index (χ4n) is 2.93. The van der Waals surface area contributed by atoms with Gasteiger partial charge in [0.05, 0.1) is 25.4 Å². The summed E-state index contributed by atoms with van der Waals surface area (Å²) in [5.41, 5.74) is 1.94. The van der Waals surface area contributed by atoms with Crippen LogP contribution < -0.4 is 0 Å². The van der Waals surface area contributed by atoms with Crippen molar-refractivity contribution in [3.05, 3.63) is 41.5 Å². The van der Waals surface area contributed by atoms with Crippen LogP contribution in [0, 0.1) is 0 Å². The third-order valence-corrected chi connectivity index (χ3v) is 4.63. The molecule has 0 heterocycles. The second-order valence-electron chi connectivity index (χ2n) is 6.94. The van der Waals surface area contributed by atoms with Crippen LogP contribution in [0.15, 0.2) is 30.3 Å². The topological polar surface area (TPSA) is 87.0 Å². The predicted molar refractivity (Wildman–Crippen MR) is 107 cm³/mol. The molecule has 0 aliphatic rings. The van der Waals surface area contributed by atoms with Crippen LogP contribution in [0.2, 0.25) is 0 Å². The SMILES string of the molecule is CCCCC[C@H](O)Cc1ccccc1C=C[C@@H](O)[C@@H](O)CCCC(=O)OC. The van der Waals surface area contributed by atoms with Gasteiger partial charge in [0, 0.05) is 6.42 Å². The molecule has 0 bridgehead atoms. The number of aliphatic hydroxyl groups excluding tert-OH is 3. The number of unbranched alkanes of at least 4 members (excludes halogenated alkanes) is 2. The van der Waals surface area contributed by atoms with E-state index in [1.165, 1.54) is 7.11 Å². The van der Waals surface area contributed by atoms with Gasteiger partial charge in [0.25, 0.3) is 0 Å². The number of hydrogen-bond acceptors (Lipinski definition) is 5. The summed E-state index contributed by atoms with van der Waals surface area (Å²) in [7, 11) is 1.33. The van der Waals surface area contributed by atoms with Gasteiger partial charge in [-0.05, 0) is 36.8 Å². The molecule has 27 heavy (non-hydrogen) atoms. The van der Waals surface area contributed by atoms with E-state index in [2.05, 4.69) is 11.7 Å². The van der Waals surface area contributed by atoms with Crippen molar-refractivity contribution in [3.8, 4) is 0 Å². The first-order valence-corrected chi connectivity index (χ1v) is 9.85. The van der Waals surface area contributed by atoms with Gasteiger partial charge >= 0.3 is 5.97 Å². The molecule has 1 aromatic carbocycles. The largest absolute Gasteiger partial charge is 0.469 e. The minimum Gasteiger partial charge on any atom is -0.469 e. The third kappa shape index (κ3) is 9.70. The molecule has 0 aliphatic heterocycles. The standard InChI is InChI=1S/C22H34O5/c1-3-4-5-11-19(23)16-18-10-7-6-9-17(18)14-15-21(25)20(24)12-8-13-22(26)27-2/h6-7,9-10,14-15,19-21,23-25H,3-5,8,11-13,16H2,1-2H3/t19-,20-,21+/m0/s1. The number of methoxy groups -OCH3 is 1. The van der Waals surface area contributed by atoms with Crippen molar-refractivity contribution >= 4 is 12.0 Å². The monoisotopic (exact) mass is 378 g/mol. The number of rotatable bonds is 13. The Morgan fingerprint density at radius 1 is 1.11 bits per heavy atom. The van der Waals surface area contributed by atoms with Crippen LogP contribution in [0.3, 0.4) is 0 Å². The molecule has 0 aromatic heterocycles. The second-order valence-corrected chi connectivity index (χ2v) is 6.94. The first-order valence-electron chi connectivity index (χ1n) is 9.85. The van der Waals surface area contributed by atoms with Crippen LogP contribution in [0.1, 0.15) is 63.0 Å². The Kier molecular flexibility index (Phi) is 11.7. The van der Waals surface area contributed by atoms with E-state index < -0.39 is 12.2 Å². The van der Waals surface area contributed by atoms with Gasteiger partial charge in [0.1, 0.15) is 0 Å². The molecular formula is C22H34O5. The fourth-order valence-corrected chi connectivity index (χ4v) is 2.93. The zero-order chi connectivity index (χ0) is 20.1. The lowest BCUT2D eigenvalue weighted by Gasteiger charge is -2.15. The summed E-state index contributed by atoms with van der Waals surface area (Å²) in [5.74, 6) is -0.321. The molecule has 1 rings (SSSR count). The van der Waals surface area contributed by atoms with Crippen LogP contribution in [0.5, 0.6) is 0 Å². The molecule has 5 nitrogen and oxygen atoms in total. The van der Waals surface area contributed by atoms with E-state index in [0.29, 0.717) is 19.3 Å². The van der Waals surface area contributed by atoms with Crippen molar-refractivity contribution in [2.75, 3.05) is 7.11 Å². The van der Waals surface area contributed by atoms with Gasteiger partial charge in [-0.1, -0.05) is 62.6 Å². The van der Waals surface area contributed by atoms with Crippen molar-refractivity contribution < 1.29 is 24.9 Å². The average Bonchev–Trinajstić information content (AvgIpc) is 2.66. The zero-order valence-corrected chi connectivity index (χ0v) is 16.5. The summed E-state index contributed by atoms with van der Waals surface area (Å²) in [6.07, 6.45) is 6.66. The van der Waals surface area contributed by atoms with Gasteiger partial charge in [-0.15, -0.1) is 0 Å². The molecule has 3 atom stereocenters. The molecule has 1 aromatic rings. The summed E-state index contributed by atoms with van der Waals surface area (Å²) >= 11 is 0. The maximum absolute atomic E-state index is 11.1. The van der Waals surface area contributed by atoms with Crippen LogP contribution >= 0.6 is 0 Å². The second kappa shape index (κ2) is 13.5. The highest BCUT2D eigenvalue weighted by atomic mass is 16.5. The Morgan fingerprint density at radius 3 is 2.56 bits per heavy atom. The molecule has 0 radical (unpaired) electrons. The summed E-state index contributed by atoms with van der Waals surface area (Å²) in [4.78, 5) is 11.1. The van der Waals surface area contributed by atoms with Gasteiger partial charge in [0.15, 0.2) is 0 Å². The molecule has 0 unspecified atom stereocenters. The molecule has 3 N–H and O–H groups in total. The first kappa shape index (κ1) is 23.3. The van der Waals surface area contributed by atoms with Crippen molar-refractivity contribution in [1.29, 1.82) is 0 Å².